The number of rotatable bonds is 6. The van der Waals surface area contributed by atoms with Gasteiger partial charge in [0.15, 0.2) is 17.5 Å². The minimum absolute atomic E-state index is 0. The van der Waals surface area contributed by atoms with Gasteiger partial charge >= 0.3 is 0 Å². The lowest BCUT2D eigenvalue weighted by molar-refractivity contribution is 0.0206. The SMILES string of the molecule is CCNC(=NCC1(N2CCCCC2)CCN(C)CC1)N(C)Cc1ccc2c(c1)OCO2.I. The van der Waals surface area contributed by atoms with Crippen LogP contribution in [0, 0.1) is 0 Å². The van der Waals surface area contributed by atoms with E-state index in [0.29, 0.717) is 6.79 Å². The summed E-state index contributed by atoms with van der Waals surface area (Å²) in [5.74, 6) is 2.65. The molecule has 3 aliphatic heterocycles. The first-order valence-corrected chi connectivity index (χ1v) is 11.9. The van der Waals surface area contributed by atoms with Crippen LogP contribution in [0.1, 0.15) is 44.6 Å². The van der Waals surface area contributed by atoms with Crippen molar-refractivity contribution in [2.24, 2.45) is 4.99 Å². The molecule has 3 aliphatic rings. The molecule has 7 nitrogen and oxygen atoms in total. The second-order valence-electron chi connectivity index (χ2n) is 9.29. The standard InChI is InChI=1S/C24H39N5O2.HI/c1-4-25-23(28(3)17-20-8-9-21-22(16-20)31-19-30-21)26-18-24(10-14-27(2)15-11-24)29-12-6-5-7-13-29;/h8-9,16H,4-7,10-15,17-19H2,1-3H3,(H,25,26);1H. The Kier molecular flexibility index (Phi) is 9.31. The smallest absolute Gasteiger partial charge is 0.231 e. The van der Waals surface area contributed by atoms with Crippen LogP contribution in [0.5, 0.6) is 11.5 Å². The zero-order chi connectivity index (χ0) is 21.7. The molecule has 0 saturated carbocycles. The fourth-order valence-electron chi connectivity index (χ4n) is 5.06. The Morgan fingerprint density at radius 1 is 1.09 bits per heavy atom. The molecule has 0 atom stereocenters. The summed E-state index contributed by atoms with van der Waals surface area (Å²) in [5, 5.41) is 3.51. The van der Waals surface area contributed by atoms with Crippen LogP contribution in [0.4, 0.5) is 0 Å². The maximum Gasteiger partial charge on any atom is 0.231 e. The van der Waals surface area contributed by atoms with E-state index in [4.69, 9.17) is 14.5 Å². The molecule has 0 aromatic heterocycles. The number of likely N-dealkylation sites (tertiary alicyclic amines) is 2. The highest BCUT2D eigenvalue weighted by Gasteiger charge is 2.39. The van der Waals surface area contributed by atoms with E-state index in [1.807, 2.05) is 6.07 Å². The van der Waals surface area contributed by atoms with Crippen molar-refractivity contribution in [2.75, 3.05) is 60.2 Å². The average molecular weight is 558 g/mol. The maximum absolute atomic E-state index is 5.55. The van der Waals surface area contributed by atoms with Crippen molar-refractivity contribution in [1.29, 1.82) is 0 Å². The van der Waals surface area contributed by atoms with Crippen molar-refractivity contribution in [3.05, 3.63) is 23.8 Å². The molecule has 2 saturated heterocycles. The molecular formula is C24H40IN5O2. The summed E-state index contributed by atoms with van der Waals surface area (Å²) >= 11 is 0. The van der Waals surface area contributed by atoms with E-state index in [2.05, 4.69) is 53.2 Å². The minimum Gasteiger partial charge on any atom is -0.454 e. The highest BCUT2D eigenvalue weighted by molar-refractivity contribution is 14.0. The van der Waals surface area contributed by atoms with Crippen molar-refractivity contribution in [3.8, 4) is 11.5 Å². The molecule has 0 spiro atoms. The zero-order valence-corrected chi connectivity index (χ0v) is 22.3. The van der Waals surface area contributed by atoms with Gasteiger partial charge in [0, 0.05) is 25.7 Å². The summed E-state index contributed by atoms with van der Waals surface area (Å²) in [7, 11) is 4.36. The largest absolute Gasteiger partial charge is 0.454 e. The number of hydrogen-bond acceptors (Lipinski definition) is 5. The third-order valence-electron chi connectivity index (χ3n) is 7.02. The highest BCUT2D eigenvalue weighted by Crippen LogP contribution is 2.33. The van der Waals surface area contributed by atoms with Gasteiger partial charge in [0.25, 0.3) is 0 Å². The minimum atomic E-state index is 0. The predicted molar refractivity (Wildman–Crippen MR) is 140 cm³/mol. The zero-order valence-electron chi connectivity index (χ0n) is 19.9. The Labute approximate surface area is 210 Å². The van der Waals surface area contributed by atoms with Crippen LogP contribution < -0.4 is 14.8 Å². The molecule has 0 radical (unpaired) electrons. The highest BCUT2D eigenvalue weighted by atomic mass is 127. The lowest BCUT2D eigenvalue weighted by Gasteiger charge is -2.49. The summed E-state index contributed by atoms with van der Waals surface area (Å²) in [4.78, 5) is 12.6. The molecule has 1 aromatic carbocycles. The van der Waals surface area contributed by atoms with Crippen molar-refractivity contribution >= 4 is 29.9 Å². The number of halogens is 1. The molecule has 1 N–H and O–H groups in total. The number of guanidine groups is 1. The molecule has 0 amide bonds. The first-order valence-electron chi connectivity index (χ1n) is 11.9. The fourth-order valence-corrected chi connectivity index (χ4v) is 5.06. The van der Waals surface area contributed by atoms with Crippen LogP contribution in [0.15, 0.2) is 23.2 Å². The van der Waals surface area contributed by atoms with Gasteiger partial charge in [-0.3, -0.25) is 9.89 Å². The molecule has 32 heavy (non-hydrogen) atoms. The number of hydrogen-bond donors (Lipinski definition) is 1. The number of nitrogens with zero attached hydrogens (tertiary/aromatic N) is 4. The first-order chi connectivity index (χ1) is 15.1. The van der Waals surface area contributed by atoms with Gasteiger partial charge in [-0.05, 0) is 83.5 Å². The topological polar surface area (TPSA) is 52.6 Å². The summed E-state index contributed by atoms with van der Waals surface area (Å²) in [5.41, 5.74) is 1.40. The quantitative estimate of drug-likeness (QED) is 0.329. The monoisotopic (exact) mass is 557 g/mol. The summed E-state index contributed by atoms with van der Waals surface area (Å²) in [6, 6.07) is 6.19. The number of piperidine rings is 2. The molecule has 4 rings (SSSR count). The van der Waals surface area contributed by atoms with Crippen molar-refractivity contribution < 1.29 is 9.47 Å². The van der Waals surface area contributed by atoms with Crippen molar-refractivity contribution in [2.45, 2.75) is 51.1 Å². The molecule has 0 aliphatic carbocycles. The fraction of sp³-hybridized carbons (Fsp3) is 0.708. The molecule has 180 valence electrons. The number of nitrogens with one attached hydrogen (secondary N) is 1. The van der Waals surface area contributed by atoms with Crippen LogP contribution in [0.3, 0.4) is 0 Å². The van der Waals surface area contributed by atoms with E-state index < -0.39 is 0 Å². The van der Waals surface area contributed by atoms with E-state index in [9.17, 15) is 0 Å². The van der Waals surface area contributed by atoms with Gasteiger partial charge < -0.3 is 24.6 Å². The predicted octanol–water partition coefficient (Wildman–Crippen LogP) is 3.38. The second-order valence-corrected chi connectivity index (χ2v) is 9.29. The van der Waals surface area contributed by atoms with E-state index in [0.717, 1.165) is 50.2 Å². The number of benzene rings is 1. The van der Waals surface area contributed by atoms with Gasteiger partial charge in [0.1, 0.15) is 0 Å². The van der Waals surface area contributed by atoms with Crippen molar-refractivity contribution in [3.63, 3.8) is 0 Å². The second kappa shape index (κ2) is 11.7. The third-order valence-corrected chi connectivity index (χ3v) is 7.02. The Hall–Kier alpha value is -1.26. The number of ether oxygens (including phenoxy) is 2. The van der Waals surface area contributed by atoms with E-state index >= 15 is 0 Å². The van der Waals surface area contributed by atoms with Crippen LogP contribution in [0.25, 0.3) is 0 Å². The Balaban J connectivity index is 0.00000289. The number of aliphatic imine (C=N–C) groups is 1. The van der Waals surface area contributed by atoms with Crippen LogP contribution >= 0.6 is 24.0 Å². The lowest BCUT2D eigenvalue weighted by atomic mass is 9.84. The molecule has 2 fully saturated rings. The summed E-state index contributed by atoms with van der Waals surface area (Å²) in [6.45, 7) is 9.74. The Morgan fingerprint density at radius 3 is 2.53 bits per heavy atom. The Morgan fingerprint density at radius 2 is 1.81 bits per heavy atom. The molecule has 1 aromatic rings. The summed E-state index contributed by atoms with van der Waals surface area (Å²) in [6.07, 6.45) is 6.43. The lowest BCUT2D eigenvalue weighted by Crippen LogP contribution is -2.58. The van der Waals surface area contributed by atoms with Gasteiger partial charge in [0.2, 0.25) is 6.79 Å². The molecule has 0 bridgehead atoms. The van der Waals surface area contributed by atoms with Gasteiger partial charge in [-0.1, -0.05) is 12.5 Å². The number of fused-ring (bicyclic) bond motifs is 1. The molecule has 8 heteroatoms. The summed E-state index contributed by atoms with van der Waals surface area (Å²) < 4.78 is 11.0. The van der Waals surface area contributed by atoms with E-state index in [1.165, 1.54) is 50.8 Å². The maximum atomic E-state index is 5.55. The first kappa shape index (κ1) is 25.4. The van der Waals surface area contributed by atoms with E-state index in [-0.39, 0.29) is 29.5 Å². The van der Waals surface area contributed by atoms with Gasteiger partial charge in [0.05, 0.1) is 6.54 Å². The average Bonchev–Trinajstić information content (AvgIpc) is 3.26. The van der Waals surface area contributed by atoms with Crippen LogP contribution in [-0.2, 0) is 6.54 Å². The van der Waals surface area contributed by atoms with Crippen molar-refractivity contribution in [1.82, 2.24) is 20.0 Å². The van der Waals surface area contributed by atoms with Crippen LogP contribution in [-0.4, -0.2) is 86.4 Å². The van der Waals surface area contributed by atoms with E-state index in [1.54, 1.807) is 0 Å². The molecule has 0 unspecified atom stereocenters. The molecule has 3 heterocycles. The Bertz CT molecular complexity index is 761. The molecular weight excluding hydrogens is 517 g/mol. The van der Waals surface area contributed by atoms with Gasteiger partial charge in [-0.2, -0.15) is 0 Å². The normalized spacial score (nSPS) is 21.2. The van der Waals surface area contributed by atoms with Gasteiger partial charge in [-0.15, -0.1) is 24.0 Å². The third kappa shape index (κ3) is 5.99. The van der Waals surface area contributed by atoms with Gasteiger partial charge in [-0.25, -0.2) is 0 Å². The van der Waals surface area contributed by atoms with Crippen LogP contribution in [0.2, 0.25) is 0 Å².